The first-order valence-electron chi connectivity index (χ1n) is 7.70. The van der Waals surface area contributed by atoms with Gasteiger partial charge in [0.2, 0.25) is 0 Å². The molecule has 0 aliphatic carbocycles. The van der Waals surface area contributed by atoms with E-state index in [0.717, 1.165) is 5.56 Å². The Morgan fingerprint density at radius 3 is 2.80 bits per heavy atom. The summed E-state index contributed by atoms with van der Waals surface area (Å²) < 4.78 is 16.1. The Morgan fingerprint density at radius 2 is 2.04 bits per heavy atom. The molecule has 7 nitrogen and oxygen atoms in total. The molecule has 0 radical (unpaired) electrons. The number of para-hydroxylation sites is 2. The third-order valence-corrected chi connectivity index (χ3v) is 3.56. The molecule has 2 aromatic rings. The monoisotopic (exact) mass is 342 g/mol. The van der Waals surface area contributed by atoms with E-state index in [-0.39, 0.29) is 25.0 Å². The minimum absolute atomic E-state index is 0.0867. The van der Waals surface area contributed by atoms with E-state index in [1.165, 1.54) is 7.11 Å². The molecule has 2 aromatic carbocycles. The Morgan fingerprint density at radius 1 is 1.28 bits per heavy atom. The Bertz CT molecular complexity index is 819. The largest absolute Gasteiger partial charge is 0.493 e. The summed E-state index contributed by atoms with van der Waals surface area (Å²) in [4.78, 5) is 23.7. The van der Waals surface area contributed by atoms with Crippen LogP contribution in [0.25, 0.3) is 0 Å². The first-order chi connectivity index (χ1) is 12.1. The molecule has 0 saturated heterocycles. The van der Waals surface area contributed by atoms with Crippen molar-refractivity contribution >= 4 is 23.2 Å². The van der Waals surface area contributed by atoms with Gasteiger partial charge in [-0.1, -0.05) is 12.1 Å². The van der Waals surface area contributed by atoms with E-state index in [1.807, 2.05) is 13.0 Å². The smallest absolute Gasteiger partial charge is 0.262 e. The fourth-order valence-corrected chi connectivity index (χ4v) is 2.51. The molecule has 0 bridgehead atoms. The van der Waals surface area contributed by atoms with Crippen LogP contribution in [0.3, 0.4) is 0 Å². The van der Waals surface area contributed by atoms with Gasteiger partial charge in [-0.15, -0.1) is 0 Å². The Balaban J connectivity index is 1.70. The molecule has 7 heteroatoms. The number of amides is 2. The second kappa shape index (κ2) is 7.12. The average molecular weight is 342 g/mol. The number of hydrogen-bond acceptors (Lipinski definition) is 5. The Hall–Kier alpha value is -3.22. The highest BCUT2D eigenvalue weighted by Crippen LogP contribution is 2.37. The molecule has 0 saturated carbocycles. The van der Waals surface area contributed by atoms with Gasteiger partial charge in [-0.2, -0.15) is 0 Å². The maximum Gasteiger partial charge on any atom is 0.262 e. The number of nitrogens with one attached hydrogen (secondary N) is 2. The molecule has 0 aromatic heterocycles. The summed E-state index contributed by atoms with van der Waals surface area (Å²) in [6.45, 7) is 1.59. The Labute approximate surface area is 144 Å². The Kier molecular flexibility index (Phi) is 4.74. The van der Waals surface area contributed by atoms with Crippen molar-refractivity contribution in [2.45, 2.75) is 6.92 Å². The molecule has 2 amide bonds. The van der Waals surface area contributed by atoms with Gasteiger partial charge in [0.25, 0.3) is 11.8 Å². The maximum atomic E-state index is 12.2. The standard InChI is InChI=1S/C18H18N2O5/c1-11-7-12(18-13(8-11)20-17(22)10-25-18)19-16(21)9-24-15-6-4-3-5-14(15)23-2/h3-8H,9-10H2,1-2H3,(H,19,21)(H,20,22). The zero-order valence-corrected chi connectivity index (χ0v) is 13.9. The number of benzene rings is 2. The van der Waals surface area contributed by atoms with Crippen LogP contribution < -0.4 is 24.8 Å². The summed E-state index contributed by atoms with van der Waals surface area (Å²) in [5.74, 6) is 0.897. The number of carbonyl (C=O) groups excluding carboxylic acids is 2. The number of anilines is 2. The molecule has 2 N–H and O–H groups in total. The van der Waals surface area contributed by atoms with Gasteiger partial charge in [-0.25, -0.2) is 0 Å². The molecular weight excluding hydrogens is 324 g/mol. The van der Waals surface area contributed by atoms with Crippen molar-refractivity contribution in [2.75, 3.05) is 31.0 Å². The zero-order valence-electron chi connectivity index (χ0n) is 13.9. The van der Waals surface area contributed by atoms with Crippen LogP contribution in [0.5, 0.6) is 17.2 Å². The summed E-state index contributed by atoms with van der Waals surface area (Å²) in [7, 11) is 1.53. The van der Waals surface area contributed by atoms with Gasteiger partial charge in [-0.05, 0) is 36.8 Å². The van der Waals surface area contributed by atoms with Gasteiger partial charge < -0.3 is 24.8 Å². The third kappa shape index (κ3) is 3.82. The summed E-state index contributed by atoms with van der Waals surface area (Å²) >= 11 is 0. The highest BCUT2D eigenvalue weighted by Gasteiger charge is 2.21. The van der Waals surface area contributed by atoms with Crippen LogP contribution in [0.1, 0.15) is 5.56 Å². The van der Waals surface area contributed by atoms with Gasteiger partial charge in [0.15, 0.2) is 30.5 Å². The van der Waals surface area contributed by atoms with Crippen molar-refractivity contribution in [1.82, 2.24) is 0 Å². The van der Waals surface area contributed by atoms with Gasteiger partial charge in [0.1, 0.15) is 0 Å². The predicted octanol–water partition coefficient (Wildman–Crippen LogP) is 2.35. The van der Waals surface area contributed by atoms with Crippen LogP contribution in [0.15, 0.2) is 36.4 Å². The minimum atomic E-state index is -0.348. The molecule has 1 aliphatic heterocycles. The van der Waals surface area contributed by atoms with Crippen LogP contribution >= 0.6 is 0 Å². The van der Waals surface area contributed by atoms with E-state index in [2.05, 4.69) is 10.6 Å². The second-order valence-corrected chi connectivity index (χ2v) is 5.51. The quantitative estimate of drug-likeness (QED) is 0.871. The van der Waals surface area contributed by atoms with Crippen LogP contribution in [-0.2, 0) is 9.59 Å². The van der Waals surface area contributed by atoms with E-state index in [4.69, 9.17) is 14.2 Å². The molecule has 0 fully saturated rings. The van der Waals surface area contributed by atoms with Crippen molar-refractivity contribution < 1.29 is 23.8 Å². The lowest BCUT2D eigenvalue weighted by atomic mass is 10.1. The van der Waals surface area contributed by atoms with E-state index < -0.39 is 0 Å². The lowest BCUT2D eigenvalue weighted by Crippen LogP contribution is -2.27. The maximum absolute atomic E-state index is 12.2. The molecule has 0 atom stereocenters. The summed E-state index contributed by atoms with van der Waals surface area (Å²) in [5, 5.41) is 5.48. The number of rotatable bonds is 5. The van der Waals surface area contributed by atoms with Crippen LogP contribution in [0.4, 0.5) is 11.4 Å². The average Bonchev–Trinajstić information content (AvgIpc) is 2.59. The van der Waals surface area contributed by atoms with Crippen molar-refractivity contribution in [3.05, 3.63) is 42.0 Å². The van der Waals surface area contributed by atoms with Crippen molar-refractivity contribution in [1.29, 1.82) is 0 Å². The first kappa shape index (κ1) is 16.6. The fourth-order valence-electron chi connectivity index (χ4n) is 2.51. The summed E-state index contributed by atoms with van der Waals surface area (Å²) in [5.41, 5.74) is 1.91. The van der Waals surface area contributed by atoms with E-state index in [1.54, 1.807) is 30.3 Å². The number of methoxy groups -OCH3 is 1. The number of hydrogen-bond donors (Lipinski definition) is 2. The van der Waals surface area contributed by atoms with Gasteiger partial charge in [0.05, 0.1) is 18.5 Å². The normalized spacial score (nSPS) is 12.5. The molecule has 1 aliphatic rings. The molecule has 0 unspecified atom stereocenters. The van der Waals surface area contributed by atoms with E-state index >= 15 is 0 Å². The van der Waals surface area contributed by atoms with Crippen molar-refractivity contribution in [3.8, 4) is 17.2 Å². The van der Waals surface area contributed by atoms with E-state index in [9.17, 15) is 9.59 Å². The topological polar surface area (TPSA) is 85.9 Å². The minimum Gasteiger partial charge on any atom is -0.493 e. The molecule has 0 spiro atoms. The van der Waals surface area contributed by atoms with Crippen LogP contribution in [0, 0.1) is 6.92 Å². The molecule has 25 heavy (non-hydrogen) atoms. The number of aryl methyl sites for hydroxylation is 1. The van der Waals surface area contributed by atoms with Gasteiger partial charge in [-0.3, -0.25) is 9.59 Å². The molecule has 1 heterocycles. The van der Waals surface area contributed by atoms with Gasteiger partial charge in [0, 0.05) is 0 Å². The van der Waals surface area contributed by atoms with Gasteiger partial charge >= 0.3 is 0 Å². The summed E-state index contributed by atoms with van der Waals surface area (Å²) in [6, 6.07) is 10.6. The second-order valence-electron chi connectivity index (χ2n) is 5.51. The number of carbonyl (C=O) groups is 2. The zero-order chi connectivity index (χ0) is 17.8. The SMILES string of the molecule is COc1ccccc1OCC(=O)Nc1cc(C)cc2c1OCC(=O)N2. The third-order valence-electron chi connectivity index (χ3n) is 3.56. The lowest BCUT2D eigenvalue weighted by molar-refractivity contribution is -0.118. The number of fused-ring (bicyclic) bond motifs is 1. The molecular formula is C18H18N2O5. The highest BCUT2D eigenvalue weighted by molar-refractivity contribution is 6.00. The molecule has 130 valence electrons. The first-order valence-corrected chi connectivity index (χ1v) is 7.70. The lowest BCUT2D eigenvalue weighted by Gasteiger charge is -2.21. The molecule has 3 rings (SSSR count). The van der Waals surface area contributed by atoms with Crippen molar-refractivity contribution in [2.24, 2.45) is 0 Å². The summed E-state index contributed by atoms with van der Waals surface area (Å²) in [6.07, 6.45) is 0. The predicted molar refractivity (Wildman–Crippen MR) is 92.4 cm³/mol. The highest BCUT2D eigenvalue weighted by atomic mass is 16.5. The van der Waals surface area contributed by atoms with E-state index in [0.29, 0.717) is 28.6 Å². The van der Waals surface area contributed by atoms with Crippen molar-refractivity contribution in [3.63, 3.8) is 0 Å². The fraction of sp³-hybridized carbons (Fsp3) is 0.222. The van der Waals surface area contributed by atoms with Crippen LogP contribution in [0.2, 0.25) is 0 Å². The number of ether oxygens (including phenoxy) is 3. The van der Waals surface area contributed by atoms with Crippen LogP contribution in [-0.4, -0.2) is 32.1 Å².